The van der Waals surface area contributed by atoms with Crippen molar-refractivity contribution in [3.05, 3.63) is 46.7 Å². The summed E-state index contributed by atoms with van der Waals surface area (Å²) in [7, 11) is 0. The van der Waals surface area contributed by atoms with E-state index in [1.165, 1.54) is 11.8 Å². The number of hydrogen-bond acceptors (Lipinski definition) is 5. The maximum Gasteiger partial charge on any atom is 0.290 e. The van der Waals surface area contributed by atoms with E-state index in [1.807, 2.05) is 31.2 Å². The van der Waals surface area contributed by atoms with Crippen LogP contribution in [0, 0.1) is 6.92 Å². The zero-order chi connectivity index (χ0) is 18.6. The van der Waals surface area contributed by atoms with E-state index >= 15 is 0 Å². The van der Waals surface area contributed by atoms with Crippen molar-refractivity contribution in [3.8, 4) is 0 Å². The second kappa shape index (κ2) is 7.96. The van der Waals surface area contributed by atoms with Crippen molar-refractivity contribution in [2.75, 3.05) is 6.54 Å². The number of carbonyl (C=O) groups is 3. The fraction of sp³-hybridized carbons (Fsp3) is 0.421. The highest BCUT2D eigenvalue weighted by molar-refractivity contribution is 6.08. The van der Waals surface area contributed by atoms with Gasteiger partial charge in [-0.15, -0.1) is 0 Å². The maximum absolute atomic E-state index is 12.4. The van der Waals surface area contributed by atoms with Crippen LogP contribution in [0.25, 0.3) is 0 Å². The van der Waals surface area contributed by atoms with Crippen LogP contribution in [0.2, 0.25) is 0 Å². The molecule has 1 aromatic rings. The van der Waals surface area contributed by atoms with Crippen molar-refractivity contribution < 1.29 is 24.6 Å². The minimum atomic E-state index is -1.09. The van der Waals surface area contributed by atoms with E-state index in [4.69, 9.17) is 0 Å². The van der Waals surface area contributed by atoms with Gasteiger partial charge in [-0.1, -0.05) is 36.2 Å². The predicted octanol–water partition coefficient (Wildman–Crippen LogP) is 1.59. The van der Waals surface area contributed by atoms with Gasteiger partial charge in [0, 0.05) is 12.5 Å². The summed E-state index contributed by atoms with van der Waals surface area (Å²) in [5.41, 5.74) is 1.94. The maximum atomic E-state index is 12.4. The molecule has 0 unspecified atom stereocenters. The third-order valence-electron chi connectivity index (χ3n) is 4.36. The quantitative estimate of drug-likeness (QED) is 0.722. The first-order chi connectivity index (χ1) is 11.8. The van der Waals surface area contributed by atoms with Gasteiger partial charge in [0.25, 0.3) is 5.91 Å². The van der Waals surface area contributed by atoms with Gasteiger partial charge in [-0.05, 0) is 38.7 Å². The van der Waals surface area contributed by atoms with Crippen LogP contribution in [0.5, 0.6) is 0 Å². The zero-order valence-electron chi connectivity index (χ0n) is 14.4. The van der Waals surface area contributed by atoms with Gasteiger partial charge in [0.1, 0.15) is 0 Å². The molecule has 1 amide bonds. The molecule has 1 aromatic carbocycles. The smallest absolute Gasteiger partial charge is 0.290 e. The highest BCUT2D eigenvalue weighted by atomic mass is 16.4. The molecule has 0 saturated heterocycles. The Bertz CT molecular complexity index is 705. The van der Waals surface area contributed by atoms with E-state index in [9.17, 15) is 24.6 Å². The number of nitrogens with zero attached hydrogens (tertiary/aromatic N) is 1. The number of aliphatic carboxylic acids is 1. The number of Topliss-reactive ketones (excluding diaryl/α,β-unsaturated/α-hetero) is 1. The average molecular weight is 344 g/mol. The molecule has 6 heteroatoms. The second-order valence-corrected chi connectivity index (χ2v) is 6.31. The zero-order valence-corrected chi connectivity index (χ0v) is 14.4. The topological polar surface area (TPSA) is 97.7 Å². The van der Waals surface area contributed by atoms with Crippen molar-refractivity contribution >= 4 is 17.7 Å². The van der Waals surface area contributed by atoms with E-state index in [1.54, 1.807) is 0 Å². The molecule has 0 aliphatic carbocycles. The van der Waals surface area contributed by atoms with Crippen LogP contribution >= 0.6 is 0 Å². The van der Waals surface area contributed by atoms with Gasteiger partial charge in [0.15, 0.2) is 11.5 Å². The number of carbonyl (C=O) groups excluding carboxylic acids is 3. The molecule has 2 rings (SSSR count). The standard InChI is InChI=1S/C19H23NO5/c1-12-7-9-14(10-8-12)17-16(13(2)21)18(24)19(25)20(17)11-5-3-4-6-15(22)23/h7-10,17,24H,3-6,11H2,1-2H3,(H,22,23)/p-1/t17-/m0/s1. The molecule has 0 aromatic heterocycles. The van der Waals surface area contributed by atoms with Gasteiger partial charge in [0.2, 0.25) is 0 Å². The Labute approximate surface area is 146 Å². The van der Waals surface area contributed by atoms with Crippen LogP contribution in [0.4, 0.5) is 0 Å². The lowest BCUT2D eigenvalue weighted by atomic mass is 9.96. The van der Waals surface area contributed by atoms with Crippen LogP contribution in [0.3, 0.4) is 0 Å². The summed E-state index contributed by atoms with van der Waals surface area (Å²) < 4.78 is 0. The highest BCUT2D eigenvalue weighted by Crippen LogP contribution is 2.37. The first-order valence-corrected chi connectivity index (χ1v) is 8.34. The van der Waals surface area contributed by atoms with E-state index < -0.39 is 23.7 Å². The lowest BCUT2D eigenvalue weighted by Gasteiger charge is -2.26. The van der Waals surface area contributed by atoms with E-state index in [-0.39, 0.29) is 17.8 Å². The number of carboxylic acids is 1. The number of ketones is 1. The van der Waals surface area contributed by atoms with Gasteiger partial charge in [-0.25, -0.2) is 0 Å². The van der Waals surface area contributed by atoms with Gasteiger partial charge < -0.3 is 19.9 Å². The number of rotatable bonds is 8. The predicted molar refractivity (Wildman–Crippen MR) is 89.4 cm³/mol. The number of amides is 1. The summed E-state index contributed by atoms with van der Waals surface area (Å²) in [6.07, 6.45) is 1.66. The second-order valence-electron chi connectivity index (χ2n) is 6.31. The van der Waals surface area contributed by atoms with Crippen molar-refractivity contribution in [1.82, 2.24) is 4.90 Å². The number of carboxylic acid groups (broad SMARTS) is 1. The van der Waals surface area contributed by atoms with Crippen molar-refractivity contribution in [2.45, 2.75) is 45.6 Å². The third-order valence-corrected chi connectivity index (χ3v) is 4.36. The van der Waals surface area contributed by atoms with Gasteiger partial charge in [0.05, 0.1) is 11.6 Å². The SMILES string of the molecule is CC(=O)C1=C(O)C(=O)N(CCCCCC(=O)[O-])[C@H]1c1ccc(C)cc1. The summed E-state index contributed by atoms with van der Waals surface area (Å²) in [5.74, 6) is -2.48. The Morgan fingerprint density at radius 2 is 1.80 bits per heavy atom. The highest BCUT2D eigenvalue weighted by Gasteiger charge is 2.41. The molecular formula is C19H22NO5-. The molecule has 0 fully saturated rings. The fourth-order valence-electron chi connectivity index (χ4n) is 3.07. The lowest BCUT2D eigenvalue weighted by molar-refractivity contribution is -0.305. The van der Waals surface area contributed by atoms with Crippen molar-refractivity contribution in [1.29, 1.82) is 0 Å². The molecule has 6 nitrogen and oxygen atoms in total. The van der Waals surface area contributed by atoms with E-state index in [0.29, 0.717) is 25.8 Å². The molecule has 1 heterocycles. The van der Waals surface area contributed by atoms with Crippen molar-refractivity contribution in [2.24, 2.45) is 0 Å². The van der Waals surface area contributed by atoms with Gasteiger partial charge in [-0.2, -0.15) is 0 Å². The van der Waals surface area contributed by atoms with Gasteiger partial charge in [-0.3, -0.25) is 9.59 Å². The normalized spacial score (nSPS) is 17.3. The number of aliphatic hydroxyl groups excluding tert-OH is 1. The molecule has 1 N–H and O–H groups in total. The minimum Gasteiger partial charge on any atom is -0.550 e. The molecular weight excluding hydrogens is 322 g/mol. The minimum absolute atomic E-state index is 0.0163. The molecule has 1 aliphatic rings. The molecule has 0 radical (unpaired) electrons. The number of aliphatic hydroxyl groups is 1. The van der Waals surface area contributed by atoms with Crippen LogP contribution in [-0.2, 0) is 14.4 Å². The molecule has 25 heavy (non-hydrogen) atoms. The molecule has 1 atom stereocenters. The third kappa shape index (κ3) is 4.26. The molecule has 0 saturated carbocycles. The summed E-state index contributed by atoms with van der Waals surface area (Å²) in [5, 5.41) is 20.6. The summed E-state index contributed by atoms with van der Waals surface area (Å²) in [6.45, 7) is 3.62. The number of hydrogen-bond donors (Lipinski definition) is 1. The first kappa shape index (κ1) is 18.7. The molecule has 0 spiro atoms. The van der Waals surface area contributed by atoms with Crippen LogP contribution < -0.4 is 5.11 Å². The number of benzene rings is 1. The first-order valence-electron chi connectivity index (χ1n) is 8.34. The Hall–Kier alpha value is -2.63. The summed E-state index contributed by atoms with van der Waals surface area (Å²) in [4.78, 5) is 36.3. The number of unbranched alkanes of at least 4 members (excludes halogenated alkanes) is 2. The Morgan fingerprint density at radius 3 is 2.36 bits per heavy atom. The fourth-order valence-corrected chi connectivity index (χ4v) is 3.07. The molecule has 134 valence electrons. The van der Waals surface area contributed by atoms with Crippen LogP contribution in [-0.4, -0.2) is 34.2 Å². The average Bonchev–Trinajstić information content (AvgIpc) is 2.80. The van der Waals surface area contributed by atoms with Crippen molar-refractivity contribution in [3.63, 3.8) is 0 Å². The Morgan fingerprint density at radius 1 is 1.16 bits per heavy atom. The van der Waals surface area contributed by atoms with E-state index in [2.05, 4.69) is 0 Å². The van der Waals surface area contributed by atoms with Gasteiger partial charge >= 0.3 is 0 Å². The monoisotopic (exact) mass is 344 g/mol. The summed E-state index contributed by atoms with van der Waals surface area (Å²) in [6, 6.07) is 6.87. The molecule has 0 bridgehead atoms. The largest absolute Gasteiger partial charge is 0.550 e. The summed E-state index contributed by atoms with van der Waals surface area (Å²) >= 11 is 0. The lowest BCUT2D eigenvalue weighted by Crippen LogP contribution is -2.32. The Kier molecular flexibility index (Phi) is 5.96. The van der Waals surface area contributed by atoms with E-state index in [0.717, 1.165) is 11.1 Å². The van der Waals surface area contributed by atoms with Crippen LogP contribution in [0.15, 0.2) is 35.6 Å². The Balaban J connectivity index is 2.19. The van der Waals surface area contributed by atoms with Crippen LogP contribution in [0.1, 0.15) is 49.8 Å². The number of aryl methyl sites for hydroxylation is 1. The molecule has 1 aliphatic heterocycles.